The molecule has 3 heteroatoms. The van der Waals surface area contributed by atoms with Crippen molar-refractivity contribution >= 4 is 23.2 Å². The molecule has 0 saturated carbocycles. The van der Waals surface area contributed by atoms with Gasteiger partial charge in [0.25, 0.3) is 0 Å². The summed E-state index contributed by atoms with van der Waals surface area (Å²) in [5.74, 6) is 1.21. The van der Waals surface area contributed by atoms with Gasteiger partial charge in [-0.1, -0.05) is 60.7 Å². The van der Waals surface area contributed by atoms with E-state index in [1.165, 1.54) is 11.1 Å². The van der Waals surface area contributed by atoms with Crippen LogP contribution in [0.4, 0.5) is 0 Å². The molecule has 0 bridgehead atoms. The molecule has 0 N–H and O–H groups in total. The summed E-state index contributed by atoms with van der Waals surface area (Å²) < 4.78 is 0. The van der Waals surface area contributed by atoms with Crippen molar-refractivity contribution < 1.29 is 0 Å². The van der Waals surface area contributed by atoms with Crippen LogP contribution in [0, 0.1) is 0 Å². The number of rotatable bonds is 7. The average Bonchev–Trinajstić information content (AvgIpc) is 2.50. The molecule has 2 aromatic carbocycles. The fraction of sp³-hybridized carbons (Fsp3) is 0.294. The van der Waals surface area contributed by atoms with Gasteiger partial charge in [-0.05, 0) is 11.1 Å². The highest BCUT2D eigenvalue weighted by molar-refractivity contribution is 6.18. The highest BCUT2D eigenvalue weighted by Crippen LogP contribution is 2.28. The summed E-state index contributed by atoms with van der Waals surface area (Å²) in [6.07, 6.45) is 0. The molecule has 0 heterocycles. The van der Waals surface area contributed by atoms with Crippen LogP contribution in [0.2, 0.25) is 0 Å². The Morgan fingerprint density at radius 2 is 1.10 bits per heavy atom. The van der Waals surface area contributed by atoms with Crippen molar-refractivity contribution in [1.82, 2.24) is 4.90 Å². The van der Waals surface area contributed by atoms with E-state index in [2.05, 4.69) is 53.4 Å². The Morgan fingerprint density at radius 3 is 1.45 bits per heavy atom. The standard InChI is InChI=1S/C17H19Cl2N/c18-11-13-20(14-12-19)17(15-7-3-1-4-8-15)16-9-5-2-6-10-16/h1-10,17H,11-14H2. The third-order valence-corrected chi connectivity index (χ3v) is 3.68. The van der Waals surface area contributed by atoms with E-state index < -0.39 is 0 Å². The van der Waals surface area contributed by atoms with E-state index in [9.17, 15) is 0 Å². The molecule has 0 saturated heterocycles. The van der Waals surface area contributed by atoms with Gasteiger partial charge in [0.2, 0.25) is 0 Å². The predicted octanol–water partition coefficient (Wildman–Crippen LogP) is 4.56. The topological polar surface area (TPSA) is 3.24 Å². The number of hydrogen-bond donors (Lipinski definition) is 0. The lowest BCUT2D eigenvalue weighted by Crippen LogP contribution is -2.33. The fourth-order valence-corrected chi connectivity index (χ4v) is 2.91. The zero-order chi connectivity index (χ0) is 14.2. The summed E-state index contributed by atoms with van der Waals surface area (Å²) >= 11 is 11.9. The van der Waals surface area contributed by atoms with Crippen molar-refractivity contribution in [3.63, 3.8) is 0 Å². The Labute approximate surface area is 131 Å². The van der Waals surface area contributed by atoms with Gasteiger partial charge >= 0.3 is 0 Å². The number of alkyl halides is 2. The first kappa shape index (κ1) is 15.4. The van der Waals surface area contributed by atoms with E-state index in [-0.39, 0.29) is 6.04 Å². The van der Waals surface area contributed by atoms with Gasteiger partial charge < -0.3 is 0 Å². The summed E-state index contributed by atoms with van der Waals surface area (Å²) in [6.45, 7) is 1.64. The van der Waals surface area contributed by atoms with Gasteiger partial charge in [0.15, 0.2) is 0 Å². The second-order valence-corrected chi connectivity index (χ2v) is 5.39. The molecule has 2 rings (SSSR count). The molecule has 0 fully saturated rings. The summed E-state index contributed by atoms with van der Waals surface area (Å²) in [5, 5.41) is 0. The van der Waals surface area contributed by atoms with Crippen molar-refractivity contribution in [1.29, 1.82) is 0 Å². The molecule has 20 heavy (non-hydrogen) atoms. The van der Waals surface area contributed by atoms with Gasteiger partial charge in [-0.15, -0.1) is 23.2 Å². The number of nitrogens with zero attached hydrogens (tertiary/aromatic N) is 1. The third kappa shape index (κ3) is 3.99. The van der Waals surface area contributed by atoms with Crippen LogP contribution in [-0.4, -0.2) is 29.7 Å². The van der Waals surface area contributed by atoms with E-state index in [4.69, 9.17) is 23.2 Å². The molecule has 0 unspecified atom stereocenters. The SMILES string of the molecule is ClCCN(CCCl)C(c1ccccc1)c1ccccc1. The molecule has 1 nitrogen and oxygen atoms in total. The molecule has 0 spiro atoms. The van der Waals surface area contributed by atoms with Crippen LogP contribution >= 0.6 is 23.2 Å². The van der Waals surface area contributed by atoms with Crippen LogP contribution in [0.3, 0.4) is 0 Å². The Kier molecular flexibility index (Phi) is 6.38. The summed E-state index contributed by atoms with van der Waals surface area (Å²) in [6, 6.07) is 21.2. The van der Waals surface area contributed by atoms with E-state index in [1.54, 1.807) is 0 Å². The van der Waals surface area contributed by atoms with E-state index >= 15 is 0 Å². The second kappa shape index (κ2) is 8.31. The molecule has 0 aliphatic carbocycles. The van der Waals surface area contributed by atoms with Gasteiger partial charge in [-0.2, -0.15) is 0 Å². The minimum atomic E-state index is 0.204. The molecule has 106 valence electrons. The van der Waals surface area contributed by atoms with Gasteiger partial charge in [0, 0.05) is 24.8 Å². The van der Waals surface area contributed by atoms with Crippen LogP contribution in [0.15, 0.2) is 60.7 Å². The first-order valence-electron chi connectivity index (χ1n) is 6.82. The monoisotopic (exact) mass is 307 g/mol. The second-order valence-electron chi connectivity index (χ2n) is 4.64. The molecular formula is C17H19Cl2N. The van der Waals surface area contributed by atoms with Crippen molar-refractivity contribution in [2.75, 3.05) is 24.8 Å². The molecule has 0 aliphatic rings. The zero-order valence-electron chi connectivity index (χ0n) is 11.4. The smallest absolute Gasteiger partial charge is 0.0602 e. The largest absolute Gasteiger partial charge is 0.290 e. The lowest BCUT2D eigenvalue weighted by Gasteiger charge is -2.31. The lowest BCUT2D eigenvalue weighted by molar-refractivity contribution is 0.254. The summed E-state index contributed by atoms with van der Waals surface area (Å²) in [5.41, 5.74) is 2.54. The van der Waals surface area contributed by atoms with Gasteiger partial charge in [-0.25, -0.2) is 0 Å². The quantitative estimate of drug-likeness (QED) is 0.678. The third-order valence-electron chi connectivity index (χ3n) is 3.34. The Morgan fingerprint density at radius 1 is 0.700 bits per heavy atom. The first-order chi connectivity index (χ1) is 9.86. The van der Waals surface area contributed by atoms with Gasteiger partial charge in [0.05, 0.1) is 6.04 Å². The maximum absolute atomic E-state index is 5.97. The predicted molar refractivity (Wildman–Crippen MR) is 87.7 cm³/mol. The van der Waals surface area contributed by atoms with Crippen LogP contribution in [0.5, 0.6) is 0 Å². The normalized spacial score (nSPS) is 11.2. The fourth-order valence-electron chi connectivity index (χ4n) is 2.47. The first-order valence-corrected chi connectivity index (χ1v) is 7.89. The zero-order valence-corrected chi connectivity index (χ0v) is 12.9. The molecule has 0 aromatic heterocycles. The van der Waals surface area contributed by atoms with Crippen LogP contribution < -0.4 is 0 Å². The van der Waals surface area contributed by atoms with Crippen molar-refractivity contribution in [3.05, 3.63) is 71.8 Å². The Balaban J connectivity index is 2.38. The highest BCUT2D eigenvalue weighted by atomic mass is 35.5. The van der Waals surface area contributed by atoms with Gasteiger partial charge in [0.1, 0.15) is 0 Å². The Hall–Kier alpha value is -1.02. The summed E-state index contributed by atoms with van der Waals surface area (Å²) in [7, 11) is 0. The van der Waals surface area contributed by atoms with Crippen LogP contribution in [-0.2, 0) is 0 Å². The van der Waals surface area contributed by atoms with E-state index in [1.807, 2.05) is 12.1 Å². The molecule has 0 atom stereocenters. The number of benzene rings is 2. The maximum atomic E-state index is 5.97. The highest BCUT2D eigenvalue weighted by Gasteiger charge is 2.21. The average molecular weight is 308 g/mol. The minimum absolute atomic E-state index is 0.204. The maximum Gasteiger partial charge on any atom is 0.0602 e. The minimum Gasteiger partial charge on any atom is -0.290 e. The number of hydrogen-bond acceptors (Lipinski definition) is 1. The van der Waals surface area contributed by atoms with E-state index in [0.29, 0.717) is 11.8 Å². The molecule has 0 aliphatic heterocycles. The van der Waals surface area contributed by atoms with Crippen molar-refractivity contribution in [3.8, 4) is 0 Å². The molecule has 2 aromatic rings. The Bertz CT molecular complexity index is 441. The molecular weight excluding hydrogens is 289 g/mol. The van der Waals surface area contributed by atoms with Crippen molar-refractivity contribution in [2.24, 2.45) is 0 Å². The number of halogens is 2. The lowest BCUT2D eigenvalue weighted by atomic mass is 9.97. The molecule has 0 amide bonds. The molecule has 0 radical (unpaired) electrons. The summed E-state index contributed by atoms with van der Waals surface area (Å²) in [4.78, 5) is 2.34. The van der Waals surface area contributed by atoms with Crippen molar-refractivity contribution in [2.45, 2.75) is 6.04 Å². The van der Waals surface area contributed by atoms with Gasteiger partial charge in [-0.3, -0.25) is 4.90 Å². The van der Waals surface area contributed by atoms with Crippen LogP contribution in [0.25, 0.3) is 0 Å². The van der Waals surface area contributed by atoms with E-state index in [0.717, 1.165) is 13.1 Å². The van der Waals surface area contributed by atoms with Crippen LogP contribution in [0.1, 0.15) is 17.2 Å².